The van der Waals surface area contributed by atoms with E-state index in [9.17, 15) is 4.79 Å². The zero-order valence-electron chi connectivity index (χ0n) is 12.4. The van der Waals surface area contributed by atoms with Crippen molar-refractivity contribution in [2.45, 2.75) is 19.3 Å². The largest absolute Gasteiger partial charge is 0.337 e. The first-order chi connectivity index (χ1) is 10.2. The minimum atomic E-state index is 0.105. The molecule has 21 heavy (non-hydrogen) atoms. The van der Waals surface area contributed by atoms with E-state index in [2.05, 4.69) is 35.3 Å². The van der Waals surface area contributed by atoms with Gasteiger partial charge in [-0.3, -0.25) is 4.79 Å². The SMILES string of the molecule is Cn1cncc1C(=O)N1CCC(Cc2ccccc2)CC1. The Morgan fingerprint density at radius 3 is 2.57 bits per heavy atom. The Kier molecular flexibility index (Phi) is 4.04. The van der Waals surface area contributed by atoms with Crippen LogP contribution in [0.4, 0.5) is 0 Å². The van der Waals surface area contributed by atoms with Crippen molar-refractivity contribution < 1.29 is 4.79 Å². The number of benzene rings is 1. The van der Waals surface area contributed by atoms with Crippen molar-refractivity contribution in [2.75, 3.05) is 13.1 Å². The van der Waals surface area contributed by atoms with Crippen LogP contribution in [0.2, 0.25) is 0 Å². The summed E-state index contributed by atoms with van der Waals surface area (Å²) in [5.74, 6) is 0.788. The second-order valence-corrected chi connectivity index (χ2v) is 5.82. The van der Waals surface area contributed by atoms with Crippen molar-refractivity contribution in [3.63, 3.8) is 0 Å². The summed E-state index contributed by atoms with van der Waals surface area (Å²) in [4.78, 5) is 18.4. The zero-order chi connectivity index (χ0) is 14.7. The van der Waals surface area contributed by atoms with Gasteiger partial charge in [0, 0.05) is 20.1 Å². The topological polar surface area (TPSA) is 38.1 Å². The number of piperidine rings is 1. The van der Waals surface area contributed by atoms with Gasteiger partial charge in [-0.05, 0) is 30.7 Å². The Balaban J connectivity index is 1.56. The summed E-state index contributed by atoms with van der Waals surface area (Å²) < 4.78 is 1.79. The van der Waals surface area contributed by atoms with Gasteiger partial charge in [-0.1, -0.05) is 30.3 Å². The molecule has 0 unspecified atom stereocenters. The summed E-state index contributed by atoms with van der Waals surface area (Å²) in [6.07, 6.45) is 6.61. The van der Waals surface area contributed by atoms with Crippen molar-refractivity contribution >= 4 is 5.91 Å². The minimum absolute atomic E-state index is 0.105. The number of likely N-dealkylation sites (tertiary alicyclic amines) is 1. The van der Waals surface area contributed by atoms with Gasteiger partial charge < -0.3 is 9.47 Å². The minimum Gasteiger partial charge on any atom is -0.337 e. The van der Waals surface area contributed by atoms with Gasteiger partial charge >= 0.3 is 0 Å². The number of amides is 1. The fraction of sp³-hybridized carbons (Fsp3) is 0.412. The van der Waals surface area contributed by atoms with E-state index in [-0.39, 0.29) is 5.91 Å². The molecule has 0 aliphatic carbocycles. The molecule has 1 fully saturated rings. The lowest BCUT2D eigenvalue weighted by Gasteiger charge is -2.32. The molecule has 110 valence electrons. The highest BCUT2D eigenvalue weighted by atomic mass is 16.2. The van der Waals surface area contributed by atoms with Crippen LogP contribution in [0, 0.1) is 5.92 Å². The van der Waals surface area contributed by atoms with Gasteiger partial charge in [-0.2, -0.15) is 0 Å². The van der Waals surface area contributed by atoms with Crippen LogP contribution in [0.5, 0.6) is 0 Å². The molecule has 4 heteroatoms. The third-order valence-corrected chi connectivity index (χ3v) is 4.30. The van der Waals surface area contributed by atoms with Crippen LogP contribution in [0.15, 0.2) is 42.9 Å². The summed E-state index contributed by atoms with van der Waals surface area (Å²) in [5.41, 5.74) is 2.07. The summed E-state index contributed by atoms with van der Waals surface area (Å²) in [7, 11) is 1.86. The Morgan fingerprint density at radius 1 is 1.24 bits per heavy atom. The molecule has 1 aliphatic heterocycles. The van der Waals surface area contributed by atoms with Crippen molar-refractivity contribution in [2.24, 2.45) is 13.0 Å². The van der Waals surface area contributed by atoms with E-state index in [0.29, 0.717) is 11.6 Å². The fourth-order valence-corrected chi connectivity index (χ4v) is 3.01. The monoisotopic (exact) mass is 283 g/mol. The van der Waals surface area contributed by atoms with Gasteiger partial charge in [0.15, 0.2) is 0 Å². The molecule has 0 radical (unpaired) electrons. The number of aryl methyl sites for hydroxylation is 1. The molecule has 3 rings (SSSR count). The molecule has 1 amide bonds. The maximum Gasteiger partial charge on any atom is 0.272 e. The van der Waals surface area contributed by atoms with Crippen LogP contribution >= 0.6 is 0 Å². The standard InChI is InChI=1S/C17H21N3O/c1-19-13-18-12-16(19)17(21)20-9-7-15(8-10-20)11-14-5-3-2-4-6-14/h2-6,12-13,15H,7-11H2,1H3. The molecule has 0 saturated carbocycles. The molecular weight excluding hydrogens is 262 g/mol. The highest BCUT2D eigenvalue weighted by Crippen LogP contribution is 2.22. The second-order valence-electron chi connectivity index (χ2n) is 5.82. The number of hydrogen-bond acceptors (Lipinski definition) is 2. The molecule has 1 aromatic carbocycles. The molecule has 2 aromatic rings. The fourth-order valence-electron chi connectivity index (χ4n) is 3.01. The Labute approximate surface area is 125 Å². The Hall–Kier alpha value is -2.10. The van der Waals surface area contributed by atoms with Crippen molar-refractivity contribution in [3.8, 4) is 0 Å². The molecule has 0 N–H and O–H groups in total. The average Bonchev–Trinajstić information content (AvgIpc) is 2.94. The van der Waals surface area contributed by atoms with Crippen LogP contribution in [-0.2, 0) is 13.5 Å². The van der Waals surface area contributed by atoms with E-state index < -0.39 is 0 Å². The first-order valence-electron chi connectivity index (χ1n) is 7.53. The van der Waals surface area contributed by atoms with Crippen LogP contribution in [0.25, 0.3) is 0 Å². The van der Waals surface area contributed by atoms with E-state index in [1.165, 1.54) is 5.56 Å². The number of imidazole rings is 1. The van der Waals surface area contributed by atoms with E-state index in [1.807, 2.05) is 11.9 Å². The van der Waals surface area contributed by atoms with Crippen LogP contribution in [-0.4, -0.2) is 33.4 Å². The third kappa shape index (κ3) is 3.15. The number of carbonyl (C=O) groups excluding carboxylic acids is 1. The molecule has 0 bridgehead atoms. The number of rotatable bonds is 3. The summed E-state index contributed by atoms with van der Waals surface area (Å²) in [6.45, 7) is 1.70. The maximum absolute atomic E-state index is 12.4. The van der Waals surface area contributed by atoms with Gasteiger partial charge in [0.1, 0.15) is 5.69 Å². The summed E-state index contributed by atoms with van der Waals surface area (Å²) in [6, 6.07) is 10.6. The van der Waals surface area contributed by atoms with E-state index in [0.717, 1.165) is 32.4 Å². The van der Waals surface area contributed by atoms with E-state index in [1.54, 1.807) is 17.1 Å². The molecule has 4 nitrogen and oxygen atoms in total. The zero-order valence-corrected chi connectivity index (χ0v) is 12.4. The smallest absolute Gasteiger partial charge is 0.272 e. The molecule has 1 aliphatic rings. The van der Waals surface area contributed by atoms with Gasteiger partial charge in [0.2, 0.25) is 0 Å². The predicted octanol–water partition coefficient (Wildman–Crippen LogP) is 2.52. The molecular formula is C17H21N3O. The average molecular weight is 283 g/mol. The van der Waals surface area contributed by atoms with Crippen molar-refractivity contribution in [1.82, 2.24) is 14.5 Å². The number of carbonyl (C=O) groups is 1. The molecule has 0 atom stereocenters. The number of aromatic nitrogens is 2. The van der Waals surface area contributed by atoms with Crippen molar-refractivity contribution in [3.05, 3.63) is 54.1 Å². The van der Waals surface area contributed by atoms with Gasteiger partial charge in [0.05, 0.1) is 12.5 Å². The van der Waals surface area contributed by atoms with Gasteiger partial charge in [-0.15, -0.1) is 0 Å². The lowest BCUT2D eigenvalue weighted by molar-refractivity contribution is 0.0681. The quantitative estimate of drug-likeness (QED) is 0.868. The van der Waals surface area contributed by atoms with Crippen molar-refractivity contribution in [1.29, 1.82) is 0 Å². The predicted molar refractivity (Wildman–Crippen MR) is 82.0 cm³/mol. The highest BCUT2D eigenvalue weighted by Gasteiger charge is 2.25. The summed E-state index contributed by atoms with van der Waals surface area (Å²) >= 11 is 0. The van der Waals surface area contributed by atoms with Gasteiger partial charge in [0.25, 0.3) is 5.91 Å². The number of hydrogen-bond donors (Lipinski definition) is 0. The van der Waals surface area contributed by atoms with Gasteiger partial charge in [-0.25, -0.2) is 4.98 Å². The Morgan fingerprint density at radius 2 is 1.95 bits per heavy atom. The highest BCUT2D eigenvalue weighted by molar-refractivity contribution is 5.92. The lowest BCUT2D eigenvalue weighted by Crippen LogP contribution is -2.39. The van der Waals surface area contributed by atoms with E-state index >= 15 is 0 Å². The molecule has 1 saturated heterocycles. The van der Waals surface area contributed by atoms with Crippen LogP contribution < -0.4 is 0 Å². The second kappa shape index (κ2) is 6.12. The van der Waals surface area contributed by atoms with E-state index in [4.69, 9.17) is 0 Å². The molecule has 1 aromatic heterocycles. The third-order valence-electron chi connectivity index (χ3n) is 4.30. The number of nitrogens with zero attached hydrogens (tertiary/aromatic N) is 3. The summed E-state index contributed by atoms with van der Waals surface area (Å²) in [5, 5.41) is 0. The lowest BCUT2D eigenvalue weighted by atomic mass is 9.90. The van der Waals surface area contributed by atoms with Crippen LogP contribution in [0.1, 0.15) is 28.9 Å². The normalized spacial score (nSPS) is 16.1. The first-order valence-corrected chi connectivity index (χ1v) is 7.53. The van der Waals surface area contributed by atoms with Crippen LogP contribution in [0.3, 0.4) is 0 Å². The molecule has 0 spiro atoms. The maximum atomic E-state index is 12.4. The Bertz CT molecular complexity index is 598. The first kappa shape index (κ1) is 13.9. The molecule has 2 heterocycles.